The van der Waals surface area contributed by atoms with Crippen molar-refractivity contribution < 1.29 is 14.3 Å². The molecule has 3 aromatic carbocycles. The smallest absolute Gasteiger partial charge is 0.305 e. The van der Waals surface area contributed by atoms with Crippen LogP contribution in [-0.2, 0) is 16.2 Å². The topological polar surface area (TPSA) is 79.5 Å². The maximum absolute atomic E-state index is 13.9. The minimum absolute atomic E-state index is 0.230. The molecule has 4 aromatic rings. The summed E-state index contributed by atoms with van der Waals surface area (Å²) in [6.07, 6.45) is 0. The molecule has 1 fully saturated rings. The molecule has 1 saturated heterocycles. The number of hydrogen-bond acceptors (Lipinski definition) is 6. The standard InChI is InChI=1S/C28H21ClN2O4S2/c1-15-7-5-6-8-16(15)14-35-20-12-11-17(29)13-19(20)21-22-24(36-25-23(21)37-28(34)30-25)27(33)31(26(22)32)18-9-3-2-4-10-18/h2-13,21-22,24H,14H2,1H3,(H,30,34). The number of anilines is 1. The monoisotopic (exact) mass is 548 g/mol. The molecule has 1 N–H and O–H groups in total. The number of nitrogens with one attached hydrogen (secondary N) is 1. The number of imide groups is 1. The van der Waals surface area contributed by atoms with Gasteiger partial charge in [-0.05, 0) is 48.4 Å². The van der Waals surface area contributed by atoms with Gasteiger partial charge in [0, 0.05) is 21.4 Å². The van der Waals surface area contributed by atoms with E-state index >= 15 is 0 Å². The maximum Gasteiger partial charge on any atom is 0.305 e. The molecule has 0 spiro atoms. The summed E-state index contributed by atoms with van der Waals surface area (Å²) in [4.78, 5) is 44.5. The summed E-state index contributed by atoms with van der Waals surface area (Å²) in [6.45, 7) is 2.35. The van der Waals surface area contributed by atoms with Gasteiger partial charge in [0.15, 0.2) is 0 Å². The van der Waals surface area contributed by atoms with Gasteiger partial charge in [-0.3, -0.25) is 14.4 Å². The van der Waals surface area contributed by atoms with Gasteiger partial charge in [0.2, 0.25) is 11.8 Å². The van der Waals surface area contributed by atoms with Crippen molar-refractivity contribution >= 4 is 52.2 Å². The number of rotatable bonds is 5. The first-order chi connectivity index (χ1) is 17.9. The van der Waals surface area contributed by atoms with Crippen LogP contribution >= 0.6 is 34.7 Å². The second kappa shape index (κ2) is 9.52. The van der Waals surface area contributed by atoms with Crippen LogP contribution < -0.4 is 14.5 Å². The lowest BCUT2D eigenvalue weighted by atomic mass is 9.82. The molecule has 6 rings (SSSR count). The first-order valence-electron chi connectivity index (χ1n) is 11.7. The fourth-order valence-electron chi connectivity index (χ4n) is 5.01. The van der Waals surface area contributed by atoms with Crippen LogP contribution in [0.4, 0.5) is 5.69 Å². The Kier molecular flexibility index (Phi) is 6.18. The van der Waals surface area contributed by atoms with Crippen LogP contribution in [0.1, 0.15) is 27.5 Å². The number of amides is 2. The van der Waals surface area contributed by atoms with E-state index in [0.29, 0.717) is 33.7 Å². The highest BCUT2D eigenvalue weighted by atomic mass is 35.5. The van der Waals surface area contributed by atoms with Gasteiger partial charge in [-0.2, -0.15) is 0 Å². The number of halogens is 1. The second-order valence-corrected chi connectivity index (χ2v) is 11.6. The highest BCUT2D eigenvalue weighted by Crippen LogP contribution is 2.54. The van der Waals surface area contributed by atoms with Crippen molar-refractivity contribution in [2.75, 3.05) is 4.90 Å². The molecular formula is C28H21ClN2O4S2. The Balaban J connectivity index is 1.46. The number of aromatic nitrogens is 1. The second-order valence-electron chi connectivity index (χ2n) is 8.99. The van der Waals surface area contributed by atoms with E-state index in [9.17, 15) is 14.4 Å². The van der Waals surface area contributed by atoms with Gasteiger partial charge in [0.25, 0.3) is 0 Å². The van der Waals surface area contributed by atoms with Crippen LogP contribution in [0, 0.1) is 12.8 Å². The molecular weight excluding hydrogens is 528 g/mol. The summed E-state index contributed by atoms with van der Waals surface area (Å²) < 4.78 is 6.30. The summed E-state index contributed by atoms with van der Waals surface area (Å²) in [5.74, 6) is -1.31. The Labute approximate surface area is 226 Å². The normalized spacial score (nSPS) is 20.6. The van der Waals surface area contributed by atoms with Crippen LogP contribution in [0.3, 0.4) is 0 Å². The third-order valence-corrected chi connectivity index (χ3v) is 9.43. The number of thiazole rings is 1. The lowest BCUT2D eigenvalue weighted by molar-refractivity contribution is -0.122. The minimum atomic E-state index is -0.712. The highest BCUT2D eigenvalue weighted by Gasteiger charge is 2.56. The molecule has 2 aliphatic heterocycles. The van der Waals surface area contributed by atoms with Gasteiger partial charge in [-0.25, -0.2) is 4.90 Å². The number of thioether (sulfide) groups is 1. The van der Waals surface area contributed by atoms with E-state index in [4.69, 9.17) is 16.3 Å². The maximum atomic E-state index is 13.9. The van der Waals surface area contributed by atoms with Crippen molar-refractivity contribution in [3.05, 3.63) is 109 Å². The van der Waals surface area contributed by atoms with Crippen molar-refractivity contribution in [1.82, 2.24) is 4.98 Å². The Bertz CT molecular complexity index is 1580. The molecule has 37 heavy (non-hydrogen) atoms. The number of hydrogen-bond donors (Lipinski definition) is 1. The third-order valence-electron chi connectivity index (χ3n) is 6.79. The Morgan fingerprint density at radius 3 is 2.51 bits per heavy atom. The molecule has 3 heterocycles. The molecule has 9 heteroatoms. The molecule has 186 valence electrons. The molecule has 3 atom stereocenters. The number of fused-ring (bicyclic) bond motifs is 2. The van der Waals surface area contributed by atoms with Crippen LogP contribution in [0.2, 0.25) is 5.02 Å². The summed E-state index contributed by atoms with van der Waals surface area (Å²) >= 11 is 8.76. The average molecular weight is 549 g/mol. The zero-order valence-electron chi connectivity index (χ0n) is 19.6. The molecule has 0 saturated carbocycles. The van der Waals surface area contributed by atoms with Crippen LogP contribution in [0.5, 0.6) is 5.75 Å². The Hall–Kier alpha value is -3.33. The summed E-state index contributed by atoms with van der Waals surface area (Å²) in [7, 11) is 0. The number of aromatic amines is 1. The highest BCUT2D eigenvalue weighted by molar-refractivity contribution is 8.00. The van der Waals surface area contributed by atoms with Gasteiger partial charge in [-0.1, -0.05) is 77.2 Å². The van der Waals surface area contributed by atoms with Crippen molar-refractivity contribution in [1.29, 1.82) is 0 Å². The van der Waals surface area contributed by atoms with Crippen LogP contribution in [-0.4, -0.2) is 22.0 Å². The van der Waals surface area contributed by atoms with Crippen molar-refractivity contribution in [3.8, 4) is 5.75 Å². The zero-order chi connectivity index (χ0) is 25.7. The lowest BCUT2D eigenvalue weighted by Crippen LogP contribution is -2.32. The number of aryl methyl sites for hydroxylation is 1. The molecule has 3 unspecified atom stereocenters. The van der Waals surface area contributed by atoms with Crippen LogP contribution in [0.15, 0.2) is 82.6 Å². The van der Waals surface area contributed by atoms with E-state index in [0.717, 1.165) is 27.3 Å². The van der Waals surface area contributed by atoms with Gasteiger partial charge >= 0.3 is 4.87 Å². The Morgan fingerprint density at radius 2 is 1.73 bits per heavy atom. The number of carbonyl (C=O) groups excluding carboxylic acids is 2. The third kappa shape index (κ3) is 4.19. The summed E-state index contributed by atoms with van der Waals surface area (Å²) in [5.41, 5.74) is 3.36. The van der Waals surface area contributed by atoms with Gasteiger partial charge in [0.05, 0.1) is 16.6 Å². The molecule has 0 bridgehead atoms. The van der Waals surface area contributed by atoms with Gasteiger partial charge in [-0.15, -0.1) is 0 Å². The molecule has 2 aliphatic rings. The summed E-state index contributed by atoms with van der Waals surface area (Å²) in [6, 6.07) is 22.2. The van der Waals surface area contributed by atoms with Crippen molar-refractivity contribution in [2.45, 2.75) is 29.7 Å². The van der Waals surface area contributed by atoms with Crippen molar-refractivity contribution in [3.63, 3.8) is 0 Å². The fourth-order valence-corrected chi connectivity index (χ4v) is 7.69. The van der Waals surface area contributed by atoms with Gasteiger partial charge in [0.1, 0.15) is 17.6 Å². The van der Waals surface area contributed by atoms with Crippen LogP contribution in [0.25, 0.3) is 0 Å². The van der Waals surface area contributed by atoms with E-state index in [1.165, 1.54) is 16.7 Å². The van der Waals surface area contributed by atoms with E-state index in [1.54, 1.807) is 42.5 Å². The first-order valence-corrected chi connectivity index (χ1v) is 13.8. The SMILES string of the molecule is Cc1ccccc1COc1ccc(Cl)cc1C1c2sc(=O)[nH]c2SC2C(=O)N(c3ccccc3)C(=O)C21. The largest absolute Gasteiger partial charge is 0.489 e. The quantitative estimate of drug-likeness (QED) is 0.320. The number of carbonyl (C=O) groups is 2. The van der Waals surface area contributed by atoms with Gasteiger partial charge < -0.3 is 9.72 Å². The fraction of sp³-hybridized carbons (Fsp3) is 0.179. The zero-order valence-corrected chi connectivity index (χ0v) is 22.0. The number of ether oxygens (including phenoxy) is 1. The van der Waals surface area contributed by atoms with E-state index in [1.807, 2.05) is 37.3 Å². The minimum Gasteiger partial charge on any atom is -0.489 e. The average Bonchev–Trinajstić information content (AvgIpc) is 3.39. The van der Waals surface area contributed by atoms with E-state index in [-0.39, 0.29) is 16.7 Å². The van der Waals surface area contributed by atoms with E-state index < -0.39 is 17.1 Å². The number of para-hydroxylation sites is 1. The molecule has 0 radical (unpaired) electrons. The predicted molar refractivity (Wildman–Crippen MR) is 146 cm³/mol. The van der Waals surface area contributed by atoms with Crippen molar-refractivity contribution in [2.24, 2.45) is 5.92 Å². The molecule has 0 aliphatic carbocycles. The lowest BCUT2D eigenvalue weighted by Gasteiger charge is -2.31. The summed E-state index contributed by atoms with van der Waals surface area (Å²) in [5, 5.41) is 0.412. The number of benzene rings is 3. The van der Waals surface area contributed by atoms with E-state index in [2.05, 4.69) is 4.98 Å². The predicted octanol–water partition coefficient (Wildman–Crippen LogP) is 5.77. The number of H-pyrrole nitrogens is 1. The first kappa shape index (κ1) is 24.0. The Morgan fingerprint density at radius 1 is 0.973 bits per heavy atom. The molecule has 2 amide bonds. The molecule has 1 aromatic heterocycles. The molecule has 6 nitrogen and oxygen atoms in total. The number of nitrogens with zero attached hydrogens (tertiary/aromatic N) is 1.